The van der Waals surface area contributed by atoms with Gasteiger partial charge in [-0.25, -0.2) is 0 Å². The van der Waals surface area contributed by atoms with E-state index in [1.165, 1.54) is 57.2 Å². The summed E-state index contributed by atoms with van der Waals surface area (Å²) in [5, 5.41) is 3.78. The standard InChI is InChI=1S/C19H28N2/c1-2-9-18(10-3-1)15-21-14-6-11-19(16-21)20-13-12-17-7-4-5-8-17/h1-3,7,9-10,19-20H,4-6,8,11-16H2. The van der Waals surface area contributed by atoms with Gasteiger partial charge < -0.3 is 5.32 Å². The van der Waals surface area contributed by atoms with Crippen LogP contribution in [-0.2, 0) is 6.54 Å². The lowest BCUT2D eigenvalue weighted by molar-refractivity contribution is 0.184. The topological polar surface area (TPSA) is 15.3 Å². The Kier molecular flexibility index (Phi) is 5.47. The summed E-state index contributed by atoms with van der Waals surface area (Å²) in [7, 11) is 0. The van der Waals surface area contributed by atoms with Crippen molar-refractivity contribution in [1.29, 1.82) is 0 Å². The van der Waals surface area contributed by atoms with E-state index in [9.17, 15) is 0 Å². The molecule has 1 aromatic carbocycles. The van der Waals surface area contributed by atoms with Crippen molar-refractivity contribution in [2.45, 2.75) is 51.1 Å². The van der Waals surface area contributed by atoms with Crippen molar-refractivity contribution in [3.63, 3.8) is 0 Å². The number of likely N-dealkylation sites (tertiary alicyclic amines) is 1. The number of hydrogen-bond acceptors (Lipinski definition) is 2. The molecule has 1 unspecified atom stereocenters. The number of hydrogen-bond donors (Lipinski definition) is 1. The highest BCUT2D eigenvalue weighted by Gasteiger charge is 2.19. The third kappa shape index (κ3) is 4.69. The Hall–Kier alpha value is -1.12. The summed E-state index contributed by atoms with van der Waals surface area (Å²) >= 11 is 0. The van der Waals surface area contributed by atoms with Gasteiger partial charge in [0.2, 0.25) is 0 Å². The summed E-state index contributed by atoms with van der Waals surface area (Å²) in [6.45, 7) is 4.71. The van der Waals surface area contributed by atoms with Gasteiger partial charge in [0.05, 0.1) is 0 Å². The third-order valence-corrected chi connectivity index (χ3v) is 4.77. The van der Waals surface area contributed by atoms with Gasteiger partial charge in [0, 0.05) is 19.1 Å². The van der Waals surface area contributed by atoms with E-state index >= 15 is 0 Å². The van der Waals surface area contributed by atoms with Gasteiger partial charge in [-0.15, -0.1) is 0 Å². The third-order valence-electron chi connectivity index (χ3n) is 4.77. The molecule has 0 bridgehead atoms. The van der Waals surface area contributed by atoms with Crippen LogP contribution in [0.15, 0.2) is 42.0 Å². The largest absolute Gasteiger partial charge is 0.312 e. The van der Waals surface area contributed by atoms with Crippen LogP contribution in [0.2, 0.25) is 0 Å². The van der Waals surface area contributed by atoms with Crippen molar-refractivity contribution >= 4 is 0 Å². The lowest BCUT2D eigenvalue weighted by Crippen LogP contribution is -2.45. The van der Waals surface area contributed by atoms with E-state index in [4.69, 9.17) is 0 Å². The van der Waals surface area contributed by atoms with E-state index in [-0.39, 0.29) is 0 Å². The van der Waals surface area contributed by atoms with E-state index in [1.54, 1.807) is 5.57 Å². The molecule has 2 nitrogen and oxygen atoms in total. The maximum atomic E-state index is 3.78. The molecule has 21 heavy (non-hydrogen) atoms. The first-order valence-corrected chi connectivity index (χ1v) is 8.58. The molecule has 1 aromatic rings. The molecule has 1 N–H and O–H groups in total. The van der Waals surface area contributed by atoms with Crippen LogP contribution >= 0.6 is 0 Å². The minimum absolute atomic E-state index is 0.685. The fourth-order valence-electron chi connectivity index (χ4n) is 3.61. The summed E-state index contributed by atoms with van der Waals surface area (Å²) in [4.78, 5) is 2.60. The Labute approximate surface area is 129 Å². The molecular weight excluding hydrogens is 256 g/mol. The van der Waals surface area contributed by atoms with Crippen molar-refractivity contribution < 1.29 is 0 Å². The van der Waals surface area contributed by atoms with Crippen molar-refractivity contribution in [2.75, 3.05) is 19.6 Å². The zero-order valence-corrected chi connectivity index (χ0v) is 13.1. The second-order valence-electron chi connectivity index (χ2n) is 6.52. The minimum Gasteiger partial charge on any atom is -0.312 e. The van der Waals surface area contributed by atoms with Gasteiger partial charge in [0.1, 0.15) is 0 Å². The van der Waals surface area contributed by atoms with E-state index in [1.807, 2.05) is 0 Å². The van der Waals surface area contributed by atoms with E-state index in [0.29, 0.717) is 6.04 Å². The first kappa shape index (κ1) is 14.8. The van der Waals surface area contributed by atoms with Gasteiger partial charge in [-0.05, 0) is 57.2 Å². The van der Waals surface area contributed by atoms with Crippen LogP contribution in [0.25, 0.3) is 0 Å². The molecule has 0 aromatic heterocycles. The maximum absolute atomic E-state index is 3.78. The second-order valence-corrected chi connectivity index (χ2v) is 6.52. The first-order chi connectivity index (χ1) is 10.4. The predicted molar refractivity (Wildman–Crippen MR) is 89.3 cm³/mol. The molecule has 1 aliphatic heterocycles. The molecule has 1 atom stereocenters. The summed E-state index contributed by atoms with van der Waals surface area (Å²) in [6, 6.07) is 11.5. The van der Waals surface area contributed by atoms with Gasteiger partial charge >= 0.3 is 0 Å². The van der Waals surface area contributed by atoms with Gasteiger partial charge in [-0.2, -0.15) is 0 Å². The molecule has 1 aliphatic carbocycles. The zero-order chi connectivity index (χ0) is 14.3. The Morgan fingerprint density at radius 2 is 2.05 bits per heavy atom. The highest BCUT2D eigenvalue weighted by atomic mass is 15.2. The number of benzene rings is 1. The van der Waals surface area contributed by atoms with Gasteiger partial charge in [-0.3, -0.25) is 4.90 Å². The Morgan fingerprint density at radius 3 is 2.86 bits per heavy atom. The van der Waals surface area contributed by atoms with Crippen LogP contribution in [0.3, 0.4) is 0 Å². The van der Waals surface area contributed by atoms with Gasteiger partial charge in [0.25, 0.3) is 0 Å². The van der Waals surface area contributed by atoms with E-state index < -0.39 is 0 Å². The molecule has 1 heterocycles. The smallest absolute Gasteiger partial charge is 0.0234 e. The summed E-state index contributed by atoms with van der Waals surface area (Å²) in [6.07, 6.45) is 10.4. The number of piperidine rings is 1. The fourth-order valence-corrected chi connectivity index (χ4v) is 3.61. The Bertz CT molecular complexity index is 452. The van der Waals surface area contributed by atoms with Crippen LogP contribution in [0, 0.1) is 0 Å². The molecule has 0 spiro atoms. The van der Waals surface area contributed by atoms with Crippen molar-refractivity contribution in [1.82, 2.24) is 10.2 Å². The molecule has 3 rings (SSSR count). The van der Waals surface area contributed by atoms with Crippen LogP contribution in [0.4, 0.5) is 0 Å². The fraction of sp³-hybridized carbons (Fsp3) is 0.579. The lowest BCUT2D eigenvalue weighted by Gasteiger charge is -2.33. The molecule has 114 valence electrons. The quantitative estimate of drug-likeness (QED) is 0.801. The average molecular weight is 284 g/mol. The van der Waals surface area contributed by atoms with E-state index in [0.717, 1.165) is 13.1 Å². The van der Waals surface area contributed by atoms with Gasteiger partial charge in [0.15, 0.2) is 0 Å². The molecular formula is C19H28N2. The SMILES string of the molecule is C1=C(CCNC2CCCN(Cc3ccccc3)C2)CCC1. The van der Waals surface area contributed by atoms with Crippen LogP contribution < -0.4 is 5.32 Å². The van der Waals surface area contributed by atoms with E-state index in [2.05, 4.69) is 46.6 Å². The summed E-state index contributed by atoms with van der Waals surface area (Å²) in [5.41, 5.74) is 3.12. The molecule has 0 radical (unpaired) electrons. The minimum atomic E-state index is 0.685. The van der Waals surface area contributed by atoms with Crippen LogP contribution in [-0.4, -0.2) is 30.6 Å². The van der Waals surface area contributed by atoms with Crippen LogP contribution in [0.5, 0.6) is 0 Å². The molecule has 1 fully saturated rings. The average Bonchev–Trinajstić information content (AvgIpc) is 3.02. The monoisotopic (exact) mass is 284 g/mol. The van der Waals surface area contributed by atoms with Gasteiger partial charge in [-0.1, -0.05) is 42.0 Å². The number of allylic oxidation sites excluding steroid dienone is 1. The first-order valence-electron chi connectivity index (χ1n) is 8.58. The molecule has 0 saturated carbocycles. The summed E-state index contributed by atoms with van der Waals surface area (Å²) in [5.74, 6) is 0. The highest BCUT2D eigenvalue weighted by molar-refractivity contribution is 5.14. The Morgan fingerprint density at radius 1 is 1.14 bits per heavy atom. The number of rotatable bonds is 6. The molecule has 2 heteroatoms. The number of nitrogens with zero attached hydrogens (tertiary/aromatic N) is 1. The van der Waals surface area contributed by atoms with Crippen LogP contribution in [0.1, 0.15) is 44.1 Å². The van der Waals surface area contributed by atoms with Crippen molar-refractivity contribution in [3.8, 4) is 0 Å². The molecule has 0 amide bonds. The normalized spacial score (nSPS) is 23.2. The number of nitrogens with one attached hydrogen (secondary N) is 1. The second kappa shape index (κ2) is 7.77. The van der Waals surface area contributed by atoms with Crippen molar-refractivity contribution in [2.24, 2.45) is 0 Å². The molecule has 2 aliphatic rings. The summed E-state index contributed by atoms with van der Waals surface area (Å²) < 4.78 is 0. The molecule has 1 saturated heterocycles. The van der Waals surface area contributed by atoms with Crippen molar-refractivity contribution in [3.05, 3.63) is 47.5 Å². The maximum Gasteiger partial charge on any atom is 0.0234 e. The lowest BCUT2D eigenvalue weighted by atomic mass is 10.0. The predicted octanol–water partition coefficient (Wildman–Crippen LogP) is 3.74. The Balaban J connectivity index is 1.40. The zero-order valence-electron chi connectivity index (χ0n) is 13.1. The highest BCUT2D eigenvalue weighted by Crippen LogP contribution is 2.20.